The molecule has 0 radical (unpaired) electrons. The van der Waals surface area contributed by atoms with Crippen LogP contribution in [-0.2, 0) is 20.7 Å². The molecule has 5 N–H and O–H groups in total. The number of amides is 1. The average molecular weight is 429 g/mol. The van der Waals surface area contributed by atoms with Crippen molar-refractivity contribution in [2.45, 2.75) is 50.0 Å². The fourth-order valence-corrected chi connectivity index (χ4v) is 3.15. The SMILES string of the molecule is COc1ccc(CCCC(=O)NCCO[C@@H]2O[C@H](CO)[C@H](O)[C@H](O)[C@H]2O)cc1OC. The van der Waals surface area contributed by atoms with Gasteiger partial charge in [0.1, 0.15) is 24.4 Å². The number of aryl methyl sites for hydroxylation is 1. The highest BCUT2D eigenvalue weighted by Crippen LogP contribution is 2.28. The molecule has 1 aromatic carbocycles. The zero-order chi connectivity index (χ0) is 22.1. The van der Waals surface area contributed by atoms with Crippen molar-refractivity contribution in [2.24, 2.45) is 0 Å². The molecule has 0 aromatic heterocycles. The zero-order valence-corrected chi connectivity index (χ0v) is 17.2. The first-order chi connectivity index (χ1) is 14.4. The third kappa shape index (κ3) is 6.53. The number of benzene rings is 1. The van der Waals surface area contributed by atoms with Crippen LogP contribution in [0.4, 0.5) is 0 Å². The van der Waals surface area contributed by atoms with Gasteiger partial charge in [0.05, 0.1) is 27.4 Å². The van der Waals surface area contributed by atoms with Crippen molar-refractivity contribution in [3.8, 4) is 11.5 Å². The van der Waals surface area contributed by atoms with Crippen LogP contribution in [0.1, 0.15) is 18.4 Å². The van der Waals surface area contributed by atoms with E-state index >= 15 is 0 Å². The monoisotopic (exact) mass is 429 g/mol. The minimum absolute atomic E-state index is 0.0319. The Hall–Kier alpha value is -1.95. The Bertz CT molecular complexity index is 670. The molecule has 1 saturated heterocycles. The highest BCUT2D eigenvalue weighted by molar-refractivity contribution is 5.75. The second-order valence-electron chi connectivity index (χ2n) is 6.96. The number of aliphatic hydroxyl groups is 4. The lowest BCUT2D eigenvalue weighted by molar-refractivity contribution is -0.300. The highest BCUT2D eigenvalue weighted by atomic mass is 16.7. The van der Waals surface area contributed by atoms with E-state index in [0.29, 0.717) is 30.8 Å². The summed E-state index contributed by atoms with van der Waals surface area (Å²) in [5.41, 5.74) is 1.03. The van der Waals surface area contributed by atoms with Crippen molar-refractivity contribution >= 4 is 5.91 Å². The van der Waals surface area contributed by atoms with E-state index in [-0.39, 0.29) is 19.1 Å². The van der Waals surface area contributed by atoms with Gasteiger partial charge < -0.3 is 44.7 Å². The van der Waals surface area contributed by atoms with Crippen LogP contribution < -0.4 is 14.8 Å². The van der Waals surface area contributed by atoms with E-state index in [0.717, 1.165) is 5.56 Å². The van der Waals surface area contributed by atoms with Crippen molar-refractivity contribution in [2.75, 3.05) is 34.0 Å². The van der Waals surface area contributed by atoms with E-state index in [1.165, 1.54) is 0 Å². The predicted octanol–water partition coefficient (Wildman–Crippen LogP) is -1.04. The number of carbonyl (C=O) groups is 1. The number of nitrogens with one attached hydrogen (secondary N) is 1. The molecule has 1 heterocycles. The minimum Gasteiger partial charge on any atom is -0.493 e. The van der Waals surface area contributed by atoms with Crippen LogP contribution in [0.25, 0.3) is 0 Å². The lowest BCUT2D eigenvalue weighted by Crippen LogP contribution is -2.59. The molecule has 0 saturated carbocycles. The maximum Gasteiger partial charge on any atom is 0.220 e. The molecule has 30 heavy (non-hydrogen) atoms. The first kappa shape index (κ1) is 24.3. The van der Waals surface area contributed by atoms with Crippen LogP contribution >= 0.6 is 0 Å². The second kappa shape index (κ2) is 12.0. The second-order valence-corrected chi connectivity index (χ2v) is 6.96. The fraction of sp³-hybridized carbons (Fsp3) is 0.650. The first-order valence-electron chi connectivity index (χ1n) is 9.81. The lowest BCUT2D eigenvalue weighted by Gasteiger charge is -2.39. The van der Waals surface area contributed by atoms with Crippen LogP contribution in [-0.4, -0.2) is 91.0 Å². The maximum absolute atomic E-state index is 12.0. The molecule has 1 fully saturated rings. The van der Waals surface area contributed by atoms with Gasteiger partial charge in [-0.25, -0.2) is 0 Å². The smallest absolute Gasteiger partial charge is 0.220 e. The standard InChI is InChI=1S/C20H31NO9/c1-27-13-7-6-12(10-14(13)28-2)4-3-5-16(23)21-8-9-29-20-19(26)18(25)17(24)15(11-22)30-20/h6-7,10,15,17-20,22,24-26H,3-5,8-9,11H2,1-2H3,(H,21,23)/t15-,17+,18+,19-,20-/m1/s1. The summed E-state index contributed by atoms with van der Waals surface area (Å²) < 4.78 is 21.0. The minimum atomic E-state index is -1.49. The molecule has 2 rings (SSSR count). The molecule has 10 heteroatoms. The van der Waals surface area contributed by atoms with E-state index in [1.54, 1.807) is 14.2 Å². The van der Waals surface area contributed by atoms with Crippen molar-refractivity contribution in [3.63, 3.8) is 0 Å². The molecule has 1 aromatic rings. The van der Waals surface area contributed by atoms with Crippen molar-refractivity contribution in [3.05, 3.63) is 23.8 Å². The summed E-state index contributed by atoms with van der Waals surface area (Å²) in [6.07, 6.45) is -4.94. The summed E-state index contributed by atoms with van der Waals surface area (Å²) >= 11 is 0. The summed E-state index contributed by atoms with van der Waals surface area (Å²) in [4.78, 5) is 12.0. The Morgan fingerprint density at radius 3 is 2.50 bits per heavy atom. The highest BCUT2D eigenvalue weighted by Gasteiger charge is 2.43. The number of methoxy groups -OCH3 is 2. The summed E-state index contributed by atoms with van der Waals surface area (Å²) in [5.74, 6) is 1.15. The molecule has 0 spiro atoms. The molecule has 0 bridgehead atoms. The Morgan fingerprint density at radius 2 is 1.83 bits per heavy atom. The normalized spacial score (nSPS) is 26.3. The summed E-state index contributed by atoms with van der Waals surface area (Å²) in [6.45, 7) is -0.310. The van der Waals surface area contributed by atoms with Crippen LogP contribution in [0, 0.1) is 0 Å². The molecular weight excluding hydrogens is 398 g/mol. The quantitative estimate of drug-likeness (QED) is 0.278. The average Bonchev–Trinajstić information content (AvgIpc) is 2.76. The lowest BCUT2D eigenvalue weighted by atomic mass is 9.99. The molecule has 1 amide bonds. The van der Waals surface area contributed by atoms with E-state index in [2.05, 4.69) is 5.32 Å². The van der Waals surface area contributed by atoms with E-state index < -0.39 is 37.3 Å². The molecule has 170 valence electrons. The third-order valence-corrected chi connectivity index (χ3v) is 4.87. The Kier molecular flexibility index (Phi) is 9.76. The molecule has 0 aliphatic carbocycles. The number of ether oxygens (including phenoxy) is 4. The zero-order valence-electron chi connectivity index (χ0n) is 17.2. The fourth-order valence-electron chi connectivity index (χ4n) is 3.15. The van der Waals surface area contributed by atoms with Crippen molar-refractivity contribution in [1.82, 2.24) is 5.32 Å². The Morgan fingerprint density at radius 1 is 1.10 bits per heavy atom. The maximum atomic E-state index is 12.0. The third-order valence-electron chi connectivity index (χ3n) is 4.87. The van der Waals surface area contributed by atoms with Crippen LogP contribution in [0.3, 0.4) is 0 Å². The van der Waals surface area contributed by atoms with Crippen LogP contribution in [0.15, 0.2) is 18.2 Å². The van der Waals surface area contributed by atoms with Gasteiger partial charge in [0.15, 0.2) is 17.8 Å². The Balaban J connectivity index is 1.66. The van der Waals surface area contributed by atoms with Gasteiger partial charge in [0.2, 0.25) is 5.91 Å². The van der Waals surface area contributed by atoms with Gasteiger partial charge in [-0.15, -0.1) is 0 Å². The summed E-state index contributed by atoms with van der Waals surface area (Å²) in [6, 6.07) is 5.63. The van der Waals surface area contributed by atoms with Gasteiger partial charge in [-0.3, -0.25) is 4.79 Å². The molecular formula is C20H31NO9. The van der Waals surface area contributed by atoms with Gasteiger partial charge in [-0.1, -0.05) is 6.07 Å². The molecule has 5 atom stereocenters. The summed E-state index contributed by atoms with van der Waals surface area (Å²) in [5, 5.41) is 41.2. The van der Waals surface area contributed by atoms with Crippen LogP contribution in [0.2, 0.25) is 0 Å². The largest absolute Gasteiger partial charge is 0.493 e. The first-order valence-corrected chi connectivity index (χ1v) is 9.81. The molecule has 10 nitrogen and oxygen atoms in total. The molecule has 1 aliphatic rings. The van der Waals surface area contributed by atoms with Gasteiger partial charge in [0, 0.05) is 13.0 Å². The Labute approximate surface area is 175 Å². The number of hydrogen-bond donors (Lipinski definition) is 5. The number of carbonyl (C=O) groups excluding carboxylic acids is 1. The van der Waals surface area contributed by atoms with E-state index in [1.807, 2.05) is 18.2 Å². The molecule has 0 unspecified atom stereocenters. The van der Waals surface area contributed by atoms with Crippen molar-refractivity contribution in [1.29, 1.82) is 0 Å². The predicted molar refractivity (Wildman–Crippen MR) is 105 cm³/mol. The van der Waals surface area contributed by atoms with Gasteiger partial charge in [-0.2, -0.15) is 0 Å². The van der Waals surface area contributed by atoms with Gasteiger partial charge in [0.25, 0.3) is 0 Å². The molecule has 1 aliphatic heterocycles. The van der Waals surface area contributed by atoms with Gasteiger partial charge in [-0.05, 0) is 30.5 Å². The van der Waals surface area contributed by atoms with Gasteiger partial charge >= 0.3 is 0 Å². The number of hydrogen-bond acceptors (Lipinski definition) is 9. The topological polar surface area (TPSA) is 147 Å². The summed E-state index contributed by atoms with van der Waals surface area (Å²) in [7, 11) is 3.14. The van der Waals surface area contributed by atoms with Crippen molar-refractivity contribution < 1.29 is 44.2 Å². The van der Waals surface area contributed by atoms with Crippen LogP contribution in [0.5, 0.6) is 11.5 Å². The van der Waals surface area contributed by atoms with E-state index in [9.17, 15) is 20.1 Å². The number of rotatable bonds is 11. The number of aliphatic hydroxyl groups excluding tert-OH is 4. The van der Waals surface area contributed by atoms with E-state index in [4.69, 9.17) is 24.1 Å².